The molecule has 3 nitrogen and oxygen atoms in total. The smallest absolute Gasteiger partial charge is 0.149 e. The Hall–Kier alpha value is -0.640. The Labute approximate surface area is 246 Å². The fourth-order valence-corrected chi connectivity index (χ4v) is 4.31. The average Bonchev–Trinajstić information content (AvgIpc) is 2.95. The monoisotopic (exact) mass is 553 g/mol. The van der Waals surface area contributed by atoms with Crippen molar-refractivity contribution in [3.05, 3.63) is 24.3 Å². The number of unbranched alkanes of at least 4 members (excludes halogenated alkanes) is 19. The molecule has 0 spiro atoms. The van der Waals surface area contributed by atoms with Gasteiger partial charge in [0.15, 0.2) is 0 Å². The van der Waals surface area contributed by atoms with Crippen LogP contribution >= 0.6 is 0 Å². The lowest BCUT2D eigenvalue weighted by atomic mass is 10.1. The van der Waals surface area contributed by atoms with Gasteiger partial charge in [-0.2, -0.15) is 0 Å². The summed E-state index contributed by atoms with van der Waals surface area (Å²) in [6.45, 7) is 11.3. The van der Waals surface area contributed by atoms with Gasteiger partial charge >= 0.3 is 0 Å². The molecule has 0 unspecified atom stereocenters. The molecule has 0 bridgehead atoms. The number of hydrogen-bond donors (Lipinski definition) is 0. The van der Waals surface area contributed by atoms with Crippen LogP contribution in [-0.4, -0.2) is 26.8 Å². The van der Waals surface area contributed by atoms with E-state index < -0.39 is 0 Å². The van der Waals surface area contributed by atoms with E-state index in [-0.39, 0.29) is 0 Å². The third-order valence-electron chi connectivity index (χ3n) is 6.90. The summed E-state index contributed by atoms with van der Waals surface area (Å²) in [4.78, 5) is 0. The SMILES string of the molecule is CC/C=C\CCCCCCCC/C=C/CCCC.CCCCCCCCOCOCOCCCCCCCC. The summed E-state index contributed by atoms with van der Waals surface area (Å²) in [6.07, 6.45) is 41.1. The highest BCUT2D eigenvalue weighted by molar-refractivity contribution is 4.81. The normalized spacial score (nSPS) is 11.5. The minimum Gasteiger partial charge on any atom is -0.355 e. The third kappa shape index (κ3) is 44.6. The van der Waals surface area contributed by atoms with Crippen molar-refractivity contribution < 1.29 is 14.2 Å². The number of ether oxygens (including phenoxy) is 3. The molecule has 0 N–H and O–H groups in total. The van der Waals surface area contributed by atoms with Gasteiger partial charge in [0.2, 0.25) is 0 Å². The van der Waals surface area contributed by atoms with Crippen LogP contribution in [-0.2, 0) is 14.2 Å². The molecule has 3 heteroatoms. The molecule has 39 heavy (non-hydrogen) atoms. The van der Waals surface area contributed by atoms with Crippen molar-refractivity contribution in [2.24, 2.45) is 0 Å². The van der Waals surface area contributed by atoms with Crippen LogP contribution in [0.5, 0.6) is 0 Å². The van der Waals surface area contributed by atoms with Crippen LogP contribution in [0.15, 0.2) is 24.3 Å². The van der Waals surface area contributed by atoms with Gasteiger partial charge in [-0.1, -0.05) is 155 Å². The molecule has 0 aromatic carbocycles. The van der Waals surface area contributed by atoms with E-state index in [9.17, 15) is 0 Å². The molecule has 0 atom stereocenters. The Morgan fingerprint density at radius 3 is 1.13 bits per heavy atom. The fourth-order valence-electron chi connectivity index (χ4n) is 4.31. The van der Waals surface area contributed by atoms with Crippen LogP contribution in [0.25, 0.3) is 0 Å². The highest BCUT2D eigenvalue weighted by Gasteiger charge is 1.94. The van der Waals surface area contributed by atoms with Crippen LogP contribution in [0.1, 0.15) is 182 Å². The fraction of sp³-hybridized carbons (Fsp3) is 0.889. The molecular weight excluding hydrogens is 480 g/mol. The first-order valence-corrected chi connectivity index (χ1v) is 17.4. The zero-order chi connectivity index (χ0) is 28.7. The molecule has 0 fully saturated rings. The van der Waals surface area contributed by atoms with E-state index in [1.54, 1.807) is 0 Å². The lowest BCUT2D eigenvalue weighted by Gasteiger charge is -2.07. The van der Waals surface area contributed by atoms with Gasteiger partial charge in [0.25, 0.3) is 0 Å². The summed E-state index contributed by atoms with van der Waals surface area (Å²) in [6, 6.07) is 0. The van der Waals surface area contributed by atoms with E-state index in [0.717, 1.165) is 26.1 Å². The first-order chi connectivity index (χ1) is 19.3. The van der Waals surface area contributed by atoms with Gasteiger partial charge in [-0.3, -0.25) is 0 Å². The van der Waals surface area contributed by atoms with Crippen molar-refractivity contribution in [2.45, 2.75) is 182 Å². The number of allylic oxidation sites excluding steroid dienone is 4. The number of rotatable bonds is 31. The van der Waals surface area contributed by atoms with Crippen molar-refractivity contribution in [3.63, 3.8) is 0 Å². The summed E-state index contributed by atoms with van der Waals surface area (Å²) in [5.41, 5.74) is 0. The molecule has 0 aromatic rings. The highest BCUT2D eigenvalue weighted by atomic mass is 16.7. The Kier molecular flexibility index (Phi) is 43.4. The lowest BCUT2D eigenvalue weighted by molar-refractivity contribution is -0.131. The topological polar surface area (TPSA) is 27.7 Å². The largest absolute Gasteiger partial charge is 0.355 e. The first-order valence-electron chi connectivity index (χ1n) is 17.4. The Balaban J connectivity index is 0. The van der Waals surface area contributed by atoms with Crippen LogP contribution in [0.4, 0.5) is 0 Å². The van der Waals surface area contributed by atoms with Crippen LogP contribution < -0.4 is 0 Å². The van der Waals surface area contributed by atoms with Gasteiger partial charge in [-0.15, -0.1) is 0 Å². The first kappa shape index (κ1) is 40.5. The van der Waals surface area contributed by atoms with Gasteiger partial charge < -0.3 is 14.2 Å². The Bertz CT molecular complexity index is 429. The van der Waals surface area contributed by atoms with E-state index in [1.807, 2.05) is 0 Å². The van der Waals surface area contributed by atoms with E-state index in [2.05, 4.69) is 52.0 Å². The highest BCUT2D eigenvalue weighted by Crippen LogP contribution is 2.10. The maximum absolute atomic E-state index is 5.41. The van der Waals surface area contributed by atoms with Crippen molar-refractivity contribution >= 4 is 0 Å². The summed E-state index contributed by atoms with van der Waals surface area (Å²) < 4.78 is 16.1. The molecule has 0 saturated carbocycles. The Morgan fingerprint density at radius 1 is 0.333 bits per heavy atom. The average molecular weight is 553 g/mol. The summed E-state index contributed by atoms with van der Waals surface area (Å²) in [5, 5.41) is 0. The predicted octanol–water partition coefficient (Wildman–Crippen LogP) is 12.5. The second kappa shape index (κ2) is 41.8. The standard InChI is InChI=1S/C18H38O3.C18H34/c1-3-5-7-9-11-13-15-19-17-21-18-20-16-14-12-10-8-6-4-2;1-3-5-7-9-11-13-15-17-18-16-14-12-10-8-6-4-2/h3-18H2,1-2H3;5,7,10,12H,3-4,6,8-9,11,13-18H2,1-2H3/b;7-5-,12-10+. The van der Waals surface area contributed by atoms with Gasteiger partial charge in [-0.05, 0) is 51.4 Å². The summed E-state index contributed by atoms with van der Waals surface area (Å²) >= 11 is 0. The molecule has 0 saturated heterocycles. The molecule has 0 rings (SSSR count). The van der Waals surface area contributed by atoms with Crippen molar-refractivity contribution in [1.29, 1.82) is 0 Å². The van der Waals surface area contributed by atoms with Crippen molar-refractivity contribution in [1.82, 2.24) is 0 Å². The molecule has 234 valence electrons. The minimum atomic E-state index is 0.367. The van der Waals surface area contributed by atoms with Crippen molar-refractivity contribution in [2.75, 3.05) is 26.8 Å². The molecule has 0 aromatic heterocycles. The minimum absolute atomic E-state index is 0.367. The van der Waals surface area contributed by atoms with Crippen LogP contribution in [0.3, 0.4) is 0 Å². The second-order valence-electron chi connectivity index (χ2n) is 11.0. The lowest BCUT2D eigenvalue weighted by Crippen LogP contribution is -2.06. The summed E-state index contributed by atoms with van der Waals surface area (Å²) in [7, 11) is 0. The molecule has 0 aliphatic carbocycles. The maximum Gasteiger partial charge on any atom is 0.149 e. The van der Waals surface area contributed by atoms with Gasteiger partial charge in [0, 0.05) is 13.2 Å². The molecule has 0 heterocycles. The van der Waals surface area contributed by atoms with E-state index in [4.69, 9.17) is 14.2 Å². The van der Waals surface area contributed by atoms with E-state index in [0.29, 0.717) is 13.6 Å². The molecular formula is C36H72O3. The molecule has 0 aliphatic heterocycles. The van der Waals surface area contributed by atoms with E-state index >= 15 is 0 Å². The van der Waals surface area contributed by atoms with E-state index in [1.165, 1.54) is 141 Å². The van der Waals surface area contributed by atoms with Gasteiger partial charge in [0.1, 0.15) is 13.6 Å². The van der Waals surface area contributed by atoms with Crippen LogP contribution in [0.2, 0.25) is 0 Å². The summed E-state index contributed by atoms with van der Waals surface area (Å²) in [5.74, 6) is 0. The number of hydrogen-bond acceptors (Lipinski definition) is 3. The van der Waals surface area contributed by atoms with Gasteiger partial charge in [-0.25, -0.2) is 0 Å². The molecule has 0 amide bonds. The molecule has 0 radical (unpaired) electrons. The third-order valence-corrected chi connectivity index (χ3v) is 6.90. The van der Waals surface area contributed by atoms with Crippen LogP contribution in [0, 0.1) is 0 Å². The Morgan fingerprint density at radius 2 is 0.692 bits per heavy atom. The predicted molar refractivity (Wildman–Crippen MR) is 175 cm³/mol. The quantitative estimate of drug-likeness (QED) is 0.0486. The maximum atomic E-state index is 5.41. The second-order valence-corrected chi connectivity index (χ2v) is 11.0. The van der Waals surface area contributed by atoms with Crippen molar-refractivity contribution in [3.8, 4) is 0 Å². The zero-order valence-corrected chi connectivity index (χ0v) is 27.3. The van der Waals surface area contributed by atoms with Gasteiger partial charge in [0.05, 0.1) is 0 Å². The molecule has 0 aliphatic rings. The zero-order valence-electron chi connectivity index (χ0n) is 27.3.